The van der Waals surface area contributed by atoms with E-state index in [1.807, 2.05) is 37.3 Å². The molecule has 0 radical (unpaired) electrons. The van der Waals surface area contributed by atoms with Gasteiger partial charge in [-0.05, 0) is 38.7 Å². The number of benzene rings is 1. The van der Waals surface area contributed by atoms with E-state index in [9.17, 15) is 19.2 Å². The second kappa shape index (κ2) is 12.7. The van der Waals surface area contributed by atoms with Gasteiger partial charge in [0.2, 0.25) is 11.8 Å². The normalized spacial score (nSPS) is 13.9. The molecule has 0 fully saturated rings. The van der Waals surface area contributed by atoms with Gasteiger partial charge in [-0.3, -0.25) is 14.4 Å². The van der Waals surface area contributed by atoms with E-state index in [0.29, 0.717) is 6.42 Å². The standard InChI is InChI=1S/C23H35N3O6/c1-6-15(2)19(26-22(30)32-23(3,4)5)21(29)25-17(20(24)28)12-13-18(27)31-14-16-10-8-7-9-11-16/h7-11,15,17,19H,6,12-14H2,1-5H3,(H2,24,28)(H,25,29)(H,26,30)/t15-,17+,19+/m1/s1. The third-order valence-electron chi connectivity index (χ3n) is 4.71. The summed E-state index contributed by atoms with van der Waals surface area (Å²) in [6.07, 6.45) is -0.262. The molecule has 32 heavy (non-hydrogen) atoms. The summed E-state index contributed by atoms with van der Waals surface area (Å²) in [4.78, 5) is 48.8. The number of nitrogens with one attached hydrogen (secondary N) is 2. The van der Waals surface area contributed by atoms with Gasteiger partial charge in [-0.1, -0.05) is 50.6 Å². The number of esters is 1. The average Bonchev–Trinajstić information content (AvgIpc) is 2.71. The molecule has 0 spiro atoms. The molecule has 3 atom stereocenters. The Balaban J connectivity index is 2.67. The van der Waals surface area contributed by atoms with Crippen LogP contribution in [-0.2, 0) is 30.5 Å². The molecule has 0 saturated heterocycles. The van der Waals surface area contributed by atoms with E-state index in [1.54, 1.807) is 27.7 Å². The van der Waals surface area contributed by atoms with E-state index in [1.165, 1.54) is 0 Å². The fourth-order valence-corrected chi connectivity index (χ4v) is 2.76. The van der Waals surface area contributed by atoms with Crippen LogP contribution in [0.15, 0.2) is 30.3 Å². The van der Waals surface area contributed by atoms with E-state index >= 15 is 0 Å². The van der Waals surface area contributed by atoms with E-state index < -0.39 is 41.6 Å². The van der Waals surface area contributed by atoms with E-state index in [4.69, 9.17) is 15.2 Å². The van der Waals surface area contributed by atoms with Crippen molar-refractivity contribution in [2.45, 2.75) is 78.2 Å². The summed E-state index contributed by atoms with van der Waals surface area (Å²) in [5.74, 6) is -2.10. The highest BCUT2D eigenvalue weighted by Crippen LogP contribution is 2.12. The van der Waals surface area contributed by atoms with Crippen LogP contribution in [0.5, 0.6) is 0 Å². The first-order valence-corrected chi connectivity index (χ1v) is 10.7. The lowest BCUT2D eigenvalue weighted by atomic mass is 9.98. The lowest BCUT2D eigenvalue weighted by Gasteiger charge is -2.27. The second-order valence-corrected chi connectivity index (χ2v) is 8.66. The molecule has 0 aliphatic heterocycles. The van der Waals surface area contributed by atoms with Gasteiger partial charge >= 0.3 is 12.1 Å². The zero-order valence-electron chi connectivity index (χ0n) is 19.5. The Bertz CT molecular complexity index is 776. The van der Waals surface area contributed by atoms with Gasteiger partial charge < -0.3 is 25.8 Å². The molecule has 3 amide bonds. The molecule has 1 aromatic rings. The second-order valence-electron chi connectivity index (χ2n) is 8.66. The fraction of sp³-hybridized carbons (Fsp3) is 0.565. The molecule has 9 nitrogen and oxygen atoms in total. The van der Waals surface area contributed by atoms with Crippen LogP contribution in [0.3, 0.4) is 0 Å². The summed E-state index contributed by atoms with van der Waals surface area (Å²) in [6, 6.07) is 7.16. The largest absolute Gasteiger partial charge is 0.461 e. The summed E-state index contributed by atoms with van der Waals surface area (Å²) in [5.41, 5.74) is 5.52. The minimum absolute atomic E-state index is 0.0195. The molecule has 0 aromatic heterocycles. The van der Waals surface area contributed by atoms with Gasteiger partial charge in [0.05, 0.1) is 0 Å². The van der Waals surface area contributed by atoms with Crippen molar-refractivity contribution >= 4 is 23.9 Å². The van der Waals surface area contributed by atoms with Crippen molar-refractivity contribution in [1.29, 1.82) is 0 Å². The number of ether oxygens (including phenoxy) is 2. The molecular weight excluding hydrogens is 414 g/mol. The van der Waals surface area contributed by atoms with Crippen molar-refractivity contribution < 1.29 is 28.7 Å². The summed E-state index contributed by atoms with van der Waals surface area (Å²) in [6.45, 7) is 8.92. The van der Waals surface area contributed by atoms with E-state index in [2.05, 4.69) is 10.6 Å². The van der Waals surface area contributed by atoms with Crippen LogP contribution < -0.4 is 16.4 Å². The van der Waals surface area contributed by atoms with Crippen LogP contribution in [0, 0.1) is 5.92 Å². The Labute approximate surface area is 189 Å². The minimum Gasteiger partial charge on any atom is -0.461 e. The van der Waals surface area contributed by atoms with Gasteiger partial charge in [0, 0.05) is 6.42 Å². The van der Waals surface area contributed by atoms with Crippen molar-refractivity contribution in [3.8, 4) is 0 Å². The van der Waals surface area contributed by atoms with Crippen LogP contribution in [0.25, 0.3) is 0 Å². The molecule has 9 heteroatoms. The molecule has 0 bridgehead atoms. The number of hydrogen-bond acceptors (Lipinski definition) is 6. The number of nitrogens with two attached hydrogens (primary N) is 1. The molecule has 0 heterocycles. The van der Waals surface area contributed by atoms with Crippen molar-refractivity contribution in [1.82, 2.24) is 10.6 Å². The smallest absolute Gasteiger partial charge is 0.408 e. The number of carbonyl (C=O) groups excluding carboxylic acids is 4. The Morgan fingerprint density at radius 1 is 1.06 bits per heavy atom. The van der Waals surface area contributed by atoms with Crippen LogP contribution >= 0.6 is 0 Å². The molecular formula is C23H35N3O6. The highest BCUT2D eigenvalue weighted by Gasteiger charge is 2.31. The Morgan fingerprint density at radius 2 is 1.69 bits per heavy atom. The zero-order chi connectivity index (χ0) is 24.3. The SMILES string of the molecule is CC[C@@H](C)[C@H](NC(=O)OC(C)(C)C)C(=O)N[C@@H](CCC(=O)OCc1ccccc1)C(N)=O. The van der Waals surface area contributed by atoms with Crippen molar-refractivity contribution in [3.05, 3.63) is 35.9 Å². The number of alkyl carbamates (subject to hydrolysis) is 1. The summed E-state index contributed by atoms with van der Waals surface area (Å²) in [5, 5.41) is 5.09. The number of hydrogen-bond donors (Lipinski definition) is 3. The van der Waals surface area contributed by atoms with Gasteiger partial charge in [0.15, 0.2) is 0 Å². The summed E-state index contributed by atoms with van der Waals surface area (Å²) in [7, 11) is 0. The quantitative estimate of drug-likeness (QED) is 0.444. The lowest BCUT2D eigenvalue weighted by Crippen LogP contribution is -2.55. The Morgan fingerprint density at radius 3 is 2.22 bits per heavy atom. The predicted molar refractivity (Wildman–Crippen MR) is 119 cm³/mol. The van der Waals surface area contributed by atoms with Gasteiger partial charge in [0.25, 0.3) is 0 Å². The van der Waals surface area contributed by atoms with Crippen molar-refractivity contribution in [2.75, 3.05) is 0 Å². The Hall–Kier alpha value is -3.10. The third kappa shape index (κ3) is 10.3. The fourth-order valence-electron chi connectivity index (χ4n) is 2.76. The monoisotopic (exact) mass is 449 g/mol. The van der Waals surface area contributed by atoms with Crippen molar-refractivity contribution in [3.63, 3.8) is 0 Å². The summed E-state index contributed by atoms with van der Waals surface area (Å²) < 4.78 is 10.4. The van der Waals surface area contributed by atoms with Gasteiger partial charge in [-0.25, -0.2) is 4.79 Å². The molecule has 0 aliphatic carbocycles. The number of rotatable bonds is 11. The molecule has 4 N–H and O–H groups in total. The number of carbonyl (C=O) groups is 4. The first-order chi connectivity index (χ1) is 14.9. The third-order valence-corrected chi connectivity index (χ3v) is 4.71. The van der Waals surface area contributed by atoms with Gasteiger partial charge in [0.1, 0.15) is 24.3 Å². The maximum Gasteiger partial charge on any atom is 0.408 e. The number of primary amides is 1. The first kappa shape index (κ1) is 26.9. The predicted octanol–water partition coefficient (Wildman–Crippen LogP) is 2.42. The summed E-state index contributed by atoms with van der Waals surface area (Å²) >= 11 is 0. The van der Waals surface area contributed by atoms with Crippen molar-refractivity contribution in [2.24, 2.45) is 11.7 Å². The highest BCUT2D eigenvalue weighted by atomic mass is 16.6. The molecule has 178 valence electrons. The minimum atomic E-state index is -1.08. The van der Waals surface area contributed by atoms with Crippen LogP contribution in [-0.4, -0.2) is 41.6 Å². The maximum absolute atomic E-state index is 12.8. The first-order valence-electron chi connectivity index (χ1n) is 10.7. The molecule has 1 aromatic carbocycles. The van der Waals surface area contributed by atoms with Gasteiger partial charge in [-0.15, -0.1) is 0 Å². The Kier molecular flexibility index (Phi) is 10.7. The van der Waals surface area contributed by atoms with Crippen LogP contribution in [0.4, 0.5) is 4.79 Å². The van der Waals surface area contributed by atoms with E-state index in [0.717, 1.165) is 5.56 Å². The molecule has 1 rings (SSSR count). The molecule has 0 aliphatic rings. The highest BCUT2D eigenvalue weighted by molar-refractivity contribution is 5.91. The van der Waals surface area contributed by atoms with Crippen LogP contribution in [0.1, 0.15) is 59.4 Å². The zero-order valence-corrected chi connectivity index (χ0v) is 19.5. The van der Waals surface area contributed by atoms with E-state index in [-0.39, 0.29) is 25.4 Å². The topological polar surface area (TPSA) is 137 Å². The van der Waals surface area contributed by atoms with Gasteiger partial charge in [-0.2, -0.15) is 0 Å². The number of amides is 3. The average molecular weight is 450 g/mol. The molecule has 0 saturated carbocycles. The van der Waals surface area contributed by atoms with Crippen LogP contribution in [0.2, 0.25) is 0 Å². The molecule has 0 unspecified atom stereocenters. The lowest BCUT2D eigenvalue weighted by molar-refractivity contribution is -0.145. The maximum atomic E-state index is 12.8.